The highest BCUT2D eigenvalue weighted by molar-refractivity contribution is 5.98. The van der Waals surface area contributed by atoms with Gasteiger partial charge in [0, 0.05) is 33.7 Å². The van der Waals surface area contributed by atoms with Gasteiger partial charge in [-0.25, -0.2) is 4.98 Å². The van der Waals surface area contributed by atoms with Crippen molar-refractivity contribution in [2.45, 2.75) is 84.0 Å². The lowest BCUT2D eigenvalue weighted by Crippen LogP contribution is -2.40. The van der Waals surface area contributed by atoms with Crippen molar-refractivity contribution in [1.29, 1.82) is 0 Å². The molecule has 0 bridgehead atoms. The van der Waals surface area contributed by atoms with Crippen molar-refractivity contribution in [1.82, 2.24) is 19.5 Å². The molecule has 39 heavy (non-hydrogen) atoms. The van der Waals surface area contributed by atoms with E-state index < -0.39 is 53.3 Å². The minimum Gasteiger partial charge on any atom is -0.463 e. The van der Waals surface area contributed by atoms with E-state index >= 15 is 0 Å². The number of ether oxygens (including phenoxy) is 4. The molecule has 1 aliphatic heterocycles. The summed E-state index contributed by atoms with van der Waals surface area (Å²) in [7, 11) is 0. The molecule has 3 heterocycles. The Morgan fingerprint density at radius 1 is 1.05 bits per heavy atom. The lowest BCUT2D eigenvalue weighted by atomic mass is 10.1. The number of imidazole rings is 1. The Morgan fingerprint density at radius 2 is 1.69 bits per heavy atom. The van der Waals surface area contributed by atoms with E-state index in [4.69, 9.17) is 18.9 Å². The van der Waals surface area contributed by atoms with Crippen LogP contribution in [0.2, 0.25) is 0 Å². The Labute approximate surface area is 221 Å². The van der Waals surface area contributed by atoms with E-state index in [1.165, 1.54) is 29.6 Å². The summed E-state index contributed by atoms with van der Waals surface area (Å²) in [4.78, 5) is 72.9. The number of amides is 1. The summed E-state index contributed by atoms with van der Waals surface area (Å²) in [5.74, 6) is -3.23. The largest absolute Gasteiger partial charge is 0.473 e. The van der Waals surface area contributed by atoms with E-state index in [-0.39, 0.29) is 35.5 Å². The normalized spacial score (nSPS) is 23.0. The van der Waals surface area contributed by atoms with Gasteiger partial charge in [0.1, 0.15) is 19.0 Å². The summed E-state index contributed by atoms with van der Waals surface area (Å²) in [6, 6.07) is -0.219. The highest BCUT2D eigenvalue weighted by Crippen LogP contribution is 2.38. The van der Waals surface area contributed by atoms with Gasteiger partial charge in [-0.05, 0) is 27.7 Å². The van der Waals surface area contributed by atoms with Crippen molar-refractivity contribution in [2.24, 2.45) is 0 Å². The van der Waals surface area contributed by atoms with Crippen LogP contribution in [-0.4, -0.2) is 79.2 Å². The van der Waals surface area contributed by atoms with Crippen LogP contribution < -0.4 is 4.90 Å². The Bertz CT molecular complexity index is 1310. The number of fused-ring (bicyclic) bond motifs is 1. The number of aromatic nitrogens is 4. The molecule has 16 nitrogen and oxygen atoms in total. The summed E-state index contributed by atoms with van der Waals surface area (Å²) in [5.41, 5.74) is 0.00755. The Balaban J connectivity index is 1.85. The van der Waals surface area contributed by atoms with Gasteiger partial charge in [0.05, 0.1) is 0 Å². The van der Waals surface area contributed by atoms with Gasteiger partial charge in [0.15, 0.2) is 24.0 Å². The van der Waals surface area contributed by atoms with E-state index in [0.29, 0.717) is 12.8 Å². The minimum absolute atomic E-state index is 0.0279. The fourth-order valence-electron chi connectivity index (χ4n) is 4.98. The number of anilines is 1. The van der Waals surface area contributed by atoms with Crippen LogP contribution in [0.25, 0.3) is 11.2 Å². The molecule has 2 fully saturated rings. The quantitative estimate of drug-likeness (QED) is 0.199. The van der Waals surface area contributed by atoms with Gasteiger partial charge in [-0.1, -0.05) is 12.8 Å². The number of nitrogens with zero attached hydrogens (tertiary/aromatic N) is 6. The van der Waals surface area contributed by atoms with Gasteiger partial charge < -0.3 is 29.1 Å². The smallest absolute Gasteiger partial charge is 0.463 e. The lowest BCUT2D eigenvalue weighted by Gasteiger charge is -2.25. The zero-order valence-corrected chi connectivity index (χ0v) is 21.8. The second kappa shape index (κ2) is 11.3. The van der Waals surface area contributed by atoms with Gasteiger partial charge >= 0.3 is 23.9 Å². The van der Waals surface area contributed by atoms with Crippen LogP contribution in [0.1, 0.15) is 59.6 Å². The van der Waals surface area contributed by atoms with Crippen molar-refractivity contribution < 1.29 is 43.0 Å². The van der Waals surface area contributed by atoms with Crippen LogP contribution in [0.5, 0.6) is 0 Å². The molecule has 0 unspecified atom stereocenters. The predicted molar refractivity (Wildman–Crippen MR) is 129 cm³/mol. The topological polar surface area (TPSA) is 195 Å². The highest BCUT2D eigenvalue weighted by Gasteiger charge is 2.51. The van der Waals surface area contributed by atoms with Gasteiger partial charge in [-0.2, -0.15) is 0 Å². The first-order chi connectivity index (χ1) is 18.5. The number of hydrogen-bond acceptors (Lipinski definition) is 13. The Hall–Kier alpha value is -4.21. The summed E-state index contributed by atoms with van der Waals surface area (Å²) < 4.78 is 23.2. The van der Waals surface area contributed by atoms with Crippen molar-refractivity contribution in [3.63, 3.8) is 0 Å². The number of nitro groups is 1. The van der Waals surface area contributed by atoms with Gasteiger partial charge in [-0.15, -0.1) is 0 Å². The van der Waals surface area contributed by atoms with Crippen LogP contribution in [0.4, 0.5) is 11.8 Å². The average Bonchev–Trinajstić information content (AvgIpc) is 3.57. The van der Waals surface area contributed by atoms with Crippen LogP contribution in [0.15, 0.2) is 6.33 Å². The lowest BCUT2D eigenvalue weighted by molar-refractivity contribution is -0.394. The van der Waals surface area contributed by atoms with Gasteiger partial charge in [0.2, 0.25) is 17.4 Å². The third-order valence-corrected chi connectivity index (χ3v) is 6.43. The second-order valence-corrected chi connectivity index (χ2v) is 9.27. The van der Waals surface area contributed by atoms with Crippen molar-refractivity contribution >= 4 is 46.7 Å². The molecule has 1 aliphatic carbocycles. The monoisotopic (exact) mass is 548 g/mol. The van der Waals surface area contributed by atoms with E-state index in [9.17, 15) is 29.3 Å². The van der Waals surface area contributed by atoms with Crippen LogP contribution >= 0.6 is 0 Å². The van der Waals surface area contributed by atoms with Crippen molar-refractivity contribution in [2.75, 3.05) is 11.5 Å². The SMILES string of the molecule is CC(=O)OC[C@H]1O[C@@H](n2cnc3c(N(C(C)=O)C4CCCC4)nc([N+](=O)[O-])nc32)[C@H](OC(C)=O)[C@@H]1OC(C)=O. The van der Waals surface area contributed by atoms with Crippen LogP contribution in [0.3, 0.4) is 0 Å². The number of rotatable bonds is 8. The average molecular weight is 549 g/mol. The van der Waals surface area contributed by atoms with E-state index in [1.54, 1.807) is 0 Å². The van der Waals surface area contributed by atoms with Crippen LogP contribution in [-0.2, 0) is 38.1 Å². The molecule has 16 heteroatoms. The summed E-state index contributed by atoms with van der Waals surface area (Å²) >= 11 is 0. The molecule has 4 rings (SSSR count). The van der Waals surface area contributed by atoms with Crippen LogP contribution in [0, 0.1) is 10.1 Å². The predicted octanol–water partition coefficient (Wildman–Crippen LogP) is 1.35. The first kappa shape index (κ1) is 27.8. The summed E-state index contributed by atoms with van der Waals surface area (Å²) in [6.07, 6.45) is -0.349. The third kappa shape index (κ3) is 5.79. The first-order valence-electron chi connectivity index (χ1n) is 12.3. The first-order valence-corrected chi connectivity index (χ1v) is 12.3. The molecule has 1 amide bonds. The second-order valence-electron chi connectivity index (χ2n) is 9.27. The highest BCUT2D eigenvalue weighted by atomic mass is 16.7. The molecule has 2 aromatic rings. The molecule has 2 aromatic heterocycles. The summed E-state index contributed by atoms with van der Waals surface area (Å²) in [6.45, 7) is 4.48. The standard InChI is InChI=1S/C23H28N6O10/c1-11(30)28(15-7-5-6-8-15)21-17-20(25-23(26-21)29(34)35)27(10-24-17)22-19(38-14(4)33)18(37-13(3)32)16(39-22)9-36-12(2)31/h10,15-16,18-19,22H,5-9H2,1-4H3/t16-,18-,19-,22-/m1/s1. The van der Waals surface area contributed by atoms with Crippen molar-refractivity contribution in [3.8, 4) is 0 Å². The minimum atomic E-state index is -1.26. The molecule has 0 N–H and O–H groups in total. The molecule has 4 atom stereocenters. The Kier molecular flexibility index (Phi) is 8.03. The van der Waals surface area contributed by atoms with E-state index in [2.05, 4.69) is 15.0 Å². The molecule has 1 saturated heterocycles. The molecule has 210 valence electrons. The van der Waals surface area contributed by atoms with Gasteiger partial charge in [-0.3, -0.25) is 28.6 Å². The molecular formula is C23H28N6O10. The molecule has 0 radical (unpaired) electrons. The molecule has 2 aliphatic rings. The molecular weight excluding hydrogens is 520 g/mol. The third-order valence-electron chi connectivity index (χ3n) is 6.43. The zero-order valence-electron chi connectivity index (χ0n) is 21.8. The maximum Gasteiger partial charge on any atom is 0.473 e. The fourth-order valence-corrected chi connectivity index (χ4v) is 4.98. The number of carbonyl (C=O) groups excluding carboxylic acids is 4. The number of esters is 3. The van der Waals surface area contributed by atoms with E-state index in [0.717, 1.165) is 26.7 Å². The van der Waals surface area contributed by atoms with Gasteiger partial charge in [0.25, 0.3) is 0 Å². The maximum atomic E-state index is 12.7. The van der Waals surface area contributed by atoms with Crippen molar-refractivity contribution in [3.05, 3.63) is 16.4 Å². The number of hydrogen-bond donors (Lipinski definition) is 0. The molecule has 0 spiro atoms. The maximum absolute atomic E-state index is 12.7. The fraction of sp³-hybridized carbons (Fsp3) is 0.609. The Morgan fingerprint density at radius 3 is 2.26 bits per heavy atom. The molecule has 1 saturated carbocycles. The molecule has 0 aromatic carbocycles. The zero-order chi connectivity index (χ0) is 28.4. The van der Waals surface area contributed by atoms with E-state index in [1.807, 2.05) is 0 Å². The number of carbonyl (C=O) groups is 4. The summed E-state index contributed by atoms with van der Waals surface area (Å²) in [5, 5.41) is 11.8.